The lowest BCUT2D eigenvalue weighted by atomic mass is 9.90. The van der Waals surface area contributed by atoms with E-state index in [0.29, 0.717) is 11.1 Å². The van der Waals surface area contributed by atoms with E-state index < -0.39 is 0 Å². The number of hydrogen-bond acceptors (Lipinski definition) is 2. The van der Waals surface area contributed by atoms with Crippen molar-refractivity contribution < 1.29 is 9.59 Å². The highest BCUT2D eigenvalue weighted by molar-refractivity contribution is 6.22. The van der Waals surface area contributed by atoms with E-state index in [2.05, 4.69) is 0 Å². The molecule has 0 aromatic heterocycles. The molecule has 0 aromatic rings. The normalized spacial score (nSPS) is 18.8. The van der Waals surface area contributed by atoms with E-state index >= 15 is 0 Å². The van der Waals surface area contributed by atoms with Gasteiger partial charge in [-0.3, -0.25) is 9.59 Å². The van der Waals surface area contributed by atoms with Crippen LogP contribution in [-0.2, 0) is 9.59 Å². The Labute approximate surface area is 81.7 Å². The molecule has 3 heteroatoms. The van der Waals surface area contributed by atoms with Crippen molar-refractivity contribution >= 4 is 24.0 Å². The Balaban J connectivity index is 0.000000845. The molecule has 2 nitrogen and oxygen atoms in total. The van der Waals surface area contributed by atoms with Crippen LogP contribution >= 0.6 is 12.4 Å². The number of hydrogen-bond donors (Lipinski definition) is 0. The van der Waals surface area contributed by atoms with Gasteiger partial charge in [0, 0.05) is 11.1 Å². The summed E-state index contributed by atoms with van der Waals surface area (Å²) in [5, 5.41) is 0. The molecule has 0 spiro atoms. The molecule has 2 rings (SSSR count). The van der Waals surface area contributed by atoms with Crippen LogP contribution in [0.3, 0.4) is 0 Å². The minimum absolute atomic E-state index is 0. The molecule has 0 amide bonds. The first-order valence-corrected chi connectivity index (χ1v) is 3.65. The molecular weight excluding hydrogens is 188 g/mol. The highest BCUT2D eigenvalue weighted by Gasteiger charge is 2.20. The number of allylic oxidation sites excluding steroid dienone is 8. The van der Waals surface area contributed by atoms with Gasteiger partial charge >= 0.3 is 0 Å². The lowest BCUT2D eigenvalue weighted by Gasteiger charge is -2.11. The molecule has 0 radical (unpaired) electrons. The van der Waals surface area contributed by atoms with Crippen LogP contribution < -0.4 is 0 Å². The minimum Gasteiger partial charge on any atom is -0.289 e. The van der Waals surface area contributed by atoms with Gasteiger partial charge in [-0.25, -0.2) is 0 Å². The molecule has 0 heterocycles. The standard InChI is InChI=1S/C10H6O2.ClH/c11-9-5-1-3-7-8(9)4-2-6-10(7)12;/h1-6H;1H. The van der Waals surface area contributed by atoms with Crippen LogP contribution in [0, 0.1) is 0 Å². The summed E-state index contributed by atoms with van der Waals surface area (Å²) < 4.78 is 0. The van der Waals surface area contributed by atoms with Crippen molar-refractivity contribution in [2.75, 3.05) is 0 Å². The van der Waals surface area contributed by atoms with Gasteiger partial charge in [0.2, 0.25) is 0 Å². The zero-order chi connectivity index (χ0) is 8.55. The van der Waals surface area contributed by atoms with E-state index in [9.17, 15) is 9.59 Å². The maximum Gasteiger partial charge on any atom is 0.186 e. The van der Waals surface area contributed by atoms with E-state index in [1.54, 1.807) is 24.3 Å². The third-order valence-electron chi connectivity index (χ3n) is 1.84. The molecule has 0 unspecified atom stereocenters. The summed E-state index contributed by atoms with van der Waals surface area (Å²) in [6, 6.07) is 0. The van der Waals surface area contributed by atoms with Crippen LogP contribution in [0.15, 0.2) is 47.6 Å². The van der Waals surface area contributed by atoms with Gasteiger partial charge in [-0.15, -0.1) is 12.4 Å². The van der Waals surface area contributed by atoms with Crippen molar-refractivity contribution in [1.82, 2.24) is 0 Å². The molecule has 2 aliphatic rings. The first-order valence-electron chi connectivity index (χ1n) is 3.65. The molecule has 0 aliphatic heterocycles. The van der Waals surface area contributed by atoms with Gasteiger partial charge in [0.25, 0.3) is 0 Å². The minimum atomic E-state index is -0.0924. The summed E-state index contributed by atoms with van der Waals surface area (Å²) in [4.78, 5) is 22.4. The van der Waals surface area contributed by atoms with Crippen LogP contribution in [0.2, 0.25) is 0 Å². The van der Waals surface area contributed by atoms with Crippen LogP contribution in [0.25, 0.3) is 0 Å². The van der Waals surface area contributed by atoms with E-state index in [-0.39, 0.29) is 24.0 Å². The summed E-state index contributed by atoms with van der Waals surface area (Å²) in [5.74, 6) is -0.185. The first kappa shape index (κ1) is 9.68. The summed E-state index contributed by atoms with van der Waals surface area (Å²) in [5.41, 5.74) is 1.01. The molecule has 0 bridgehead atoms. The molecule has 0 fully saturated rings. The average molecular weight is 195 g/mol. The summed E-state index contributed by atoms with van der Waals surface area (Å²) in [7, 11) is 0. The lowest BCUT2D eigenvalue weighted by molar-refractivity contribution is -0.114. The molecule has 0 aromatic carbocycles. The number of carbonyl (C=O) groups excluding carboxylic acids is 2. The van der Waals surface area contributed by atoms with Crippen molar-refractivity contribution in [3.05, 3.63) is 47.6 Å². The molecule has 0 atom stereocenters. The van der Waals surface area contributed by atoms with Crippen molar-refractivity contribution in [3.8, 4) is 0 Å². The number of ketones is 2. The SMILES string of the molecule is Cl.O=C1C=CC=C2C(=O)C=CC=C12. The average Bonchev–Trinajstić information content (AvgIpc) is 2.07. The topological polar surface area (TPSA) is 34.1 Å². The maximum absolute atomic E-state index is 11.2. The maximum atomic E-state index is 11.2. The smallest absolute Gasteiger partial charge is 0.186 e. The predicted molar refractivity (Wildman–Crippen MR) is 51.7 cm³/mol. The Kier molecular flexibility index (Phi) is 2.63. The Morgan fingerprint density at radius 2 is 1.15 bits per heavy atom. The van der Waals surface area contributed by atoms with Gasteiger partial charge < -0.3 is 0 Å². The van der Waals surface area contributed by atoms with Gasteiger partial charge in [0.1, 0.15) is 0 Å². The Bertz CT molecular complexity index is 346. The first-order chi connectivity index (χ1) is 5.79. The predicted octanol–water partition coefficient (Wildman–Crippen LogP) is 1.54. The monoisotopic (exact) mass is 194 g/mol. The molecule has 66 valence electrons. The Hall–Kier alpha value is -1.41. The van der Waals surface area contributed by atoms with Crippen molar-refractivity contribution in [2.24, 2.45) is 0 Å². The fourth-order valence-corrected chi connectivity index (χ4v) is 1.25. The van der Waals surface area contributed by atoms with Gasteiger partial charge in [-0.05, 0) is 12.2 Å². The van der Waals surface area contributed by atoms with Crippen LogP contribution in [0.1, 0.15) is 0 Å². The summed E-state index contributed by atoms with van der Waals surface area (Å²) in [6.45, 7) is 0. The van der Waals surface area contributed by atoms with Gasteiger partial charge in [0.05, 0.1) is 0 Å². The van der Waals surface area contributed by atoms with Crippen LogP contribution in [0.4, 0.5) is 0 Å². The number of carbonyl (C=O) groups is 2. The summed E-state index contributed by atoms with van der Waals surface area (Å²) >= 11 is 0. The highest BCUT2D eigenvalue weighted by Crippen LogP contribution is 2.21. The number of rotatable bonds is 0. The third kappa shape index (κ3) is 1.53. The van der Waals surface area contributed by atoms with Crippen molar-refractivity contribution in [1.29, 1.82) is 0 Å². The fourth-order valence-electron chi connectivity index (χ4n) is 1.25. The second-order valence-corrected chi connectivity index (χ2v) is 2.61. The van der Waals surface area contributed by atoms with E-state index in [1.165, 1.54) is 12.2 Å². The van der Waals surface area contributed by atoms with Gasteiger partial charge in [-0.2, -0.15) is 0 Å². The molecular formula is C10H7ClO2. The summed E-state index contributed by atoms with van der Waals surface area (Å²) in [6.07, 6.45) is 9.46. The van der Waals surface area contributed by atoms with Gasteiger partial charge in [0.15, 0.2) is 11.6 Å². The Morgan fingerprint density at radius 1 is 0.769 bits per heavy atom. The number of halogens is 1. The fraction of sp³-hybridized carbons (Fsp3) is 0. The van der Waals surface area contributed by atoms with Crippen LogP contribution in [-0.4, -0.2) is 11.6 Å². The van der Waals surface area contributed by atoms with E-state index in [0.717, 1.165) is 0 Å². The zero-order valence-electron chi connectivity index (χ0n) is 6.69. The third-order valence-corrected chi connectivity index (χ3v) is 1.84. The second-order valence-electron chi connectivity index (χ2n) is 2.61. The molecule has 2 aliphatic carbocycles. The largest absolute Gasteiger partial charge is 0.289 e. The quantitative estimate of drug-likeness (QED) is 0.586. The molecule has 0 N–H and O–H groups in total. The van der Waals surface area contributed by atoms with E-state index in [4.69, 9.17) is 0 Å². The van der Waals surface area contributed by atoms with Crippen molar-refractivity contribution in [2.45, 2.75) is 0 Å². The van der Waals surface area contributed by atoms with Crippen molar-refractivity contribution in [3.63, 3.8) is 0 Å². The highest BCUT2D eigenvalue weighted by atomic mass is 35.5. The van der Waals surface area contributed by atoms with Gasteiger partial charge in [-0.1, -0.05) is 24.3 Å². The number of fused-ring (bicyclic) bond motifs is 1. The lowest BCUT2D eigenvalue weighted by Crippen LogP contribution is -2.13. The molecule has 0 saturated carbocycles. The van der Waals surface area contributed by atoms with Crippen LogP contribution in [0.5, 0.6) is 0 Å². The zero-order valence-corrected chi connectivity index (χ0v) is 7.51. The molecule has 0 saturated heterocycles. The second kappa shape index (κ2) is 3.54. The molecule has 13 heavy (non-hydrogen) atoms. The Morgan fingerprint density at radius 3 is 1.54 bits per heavy atom. The van der Waals surface area contributed by atoms with E-state index in [1.807, 2.05) is 0 Å².